The van der Waals surface area contributed by atoms with Crippen molar-refractivity contribution in [3.63, 3.8) is 0 Å². The van der Waals surface area contributed by atoms with Crippen LogP contribution in [-0.2, 0) is 19.6 Å². The topological polar surface area (TPSA) is 75.7 Å². The first-order chi connectivity index (χ1) is 12.0. The van der Waals surface area contributed by atoms with Gasteiger partial charge in [-0.3, -0.25) is 4.79 Å². The van der Waals surface area contributed by atoms with E-state index in [1.165, 1.54) is 12.8 Å². The Morgan fingerprint density at radius 3 is 2.44 bits per heavy atom. The van der Waals surface area contributed by atoms with Crippen molar-refractivity contribution in [1.29, 1.82) is 0 Å². The first-order valence-electron chi connectivity index (χ1n) is 8.93. The van der Waals surface area contributed by atoms with E-state index in [9.17, 15) is 13.2 Å². The number of benzene rings is 1. The van der Waals surface area contributed by atoms with Crippen molar-refractivity contribution in [3.8, 4) is 0 Å². The van der Waals surface area contributed by atoms with Crippen LogP contribution in [0.2, 0.25) is 0 Å². The SMILES string of the molecule is CC(OCC1CC1)C(=O)N1CCC(NS(=O)(=O)c2ccccc2)CC1. The van der Waals surface area contributed by atoms with E-state index in [-0.39, 0.29) is 16.8 Å². The lowest BCUT2D eigenvalue weighted by Gasteiger charge is -2.33. The van der Waals surface area contributed by atoms with Gasteiger partial charge in [0.05, 0.1) is 11.5 Å². The Kier molecular flexibility index (Phi) is 5.76. The molecule has 1 saturated heterocycles. The number of likely N-dealkylation sites (tertiary alicyclic amines) is 1. The van der Waals surface area contributed by atoms with Crippen LogP contribution in [0.25, 0.3) is 0 Å². The van der Waals surface area contributed by atoms with Gasteiger partial charge in [0.15, 0.2) is 0 Å². The average Bonchev–Trinajstić information content (AvgIpc) is 3.44. The van der Waals surface area contributed by atoms with E-state index >= 15 is 0 Å². The molecule has 6 nitrogen and oxygen atoms in total. The van der Waals surface area contributed by atoms with E-state index in [2.05, 4.69) is 4.72 Å². The summed E-state index contributed by atoms with van der Waals surface area (Å²) in [5.74, 6) is 0.637. The highest BCUT2D eigenvalue weighted by Crippen LogP contribution is 2.29. The maximum atomic E-state index is 12.4. The van der Waals surface area contributed by atoms with Crippen molar-refractivity contribution in [2.75, 3.05) is 19.7 Å². The number of rotatable bonds is 7. The first-order valence-corrected chi connectivity index (χ1v) is 10.4. The van der Waals surface area contributed by atoms with Crippen molar-refractivity contribution < 1.29 is 17.9 Å². The predicted octanol–water partition coefficient (Wildman–Crippen LogP) is 1.77. The number of carbonyl (C=O) groups is 1. The van der Waals surface area contributed by atoms with Gasteiger partial charge in [0.1, 0.15) is 6.10 Å². The standard InChI is InChI=1S/C18H26N2O4S/c1-14(24-13-15-7-8-15)18(21)20-11-9-16(10-12-20)19-25(22,23)17-5-3-2-4-6-17/h2-6,14-16,19H,7-13H2,1H3. The second-order valence-electron chi connectivity index (χ2n) is 6.95. The molecule has 1 atom stereocenters. The van der Waals surface area contributed by atoms with Gasteiger partial charge >= 0.3 is 0 Å². The number of piperidine rings is 1. The van der Waals surface area contributed by atoms with E-state index in [1.807, 2.05) is 0 Å². The van der Waals surface area contributed by atoms with Crippen LogP contribution < -0.4 is 4.72 Å². The van der Waals surface area contributed by atoms with E-state index in [0.29, 0.717) is 38.5 Å². The quantitative estimate of drug-likeness (QED) is 0.798. The molecule has 0 spiro atoms. The van der Waals surface area contributed by atoms with Crippen LogP contribution in [0.15, 0.2) is 35.2 Å². The Bertz CT molecular complexity index is 680. The van der Waals surface area contributed by atoms with E-state index < -0.39 is 16.1 Å². The highest BCUT2D eigenvalue weighted by molar-refractivity contribution is 7.89. The molecule has 1 amide bonds. The van der Waals surface area contributed by atoms with Crippen molar-refractivity contribution in [1.82, 2.24) is 9.62 Å². The van der Waals surface area contributed by atoms with Gasteiger partial charge in [0.25, 0.3) is 5.91 Å². The van der Waals surface area contributed by atoms with Crippen LogP contribution in [0.3, 0.4) is 0 Å². The highest BCUT2D eigenvalue weighted by atomic mass is 32.2. The van der Waals surface area contributed by atoms with Crippen molar-refractivity contribution in [3.05, 3.63) is 30.3 Å². The lowest BCUT2D eigenvalue weighted by molar-refractivity contribution is -0.144. The first kappa shape index (κ1) is 18.4. The molecular weight excluding hydrogens is 340 g/mol. The Morgan fingerprint density at radius 1 is 1.20 bits per heavy atom. The molecular formula is C18H26N2O4S. The molecule has 1 aliphatic carbocycles. The van der Waals surface area contributed by atoms with Gasteiger partial charge in [-0.2, -0.15) is 0 Å². The monoisotopic (exact) mass is 366 g/mol. The van der Waals surface area contributed by atoms with Gasteiger partial charge in [-0.25, -0.2) is 13.1 Å². The third-order valence-electron chi connectivity index (χ3n) is 4.81. The molecule has 1 aliphatic heterocycles. The van der Waals surface area contributed by atoms with Crippen LogP contribution >= 0.6 is 0 Å². The smallest absolute Gasteiger partial charge is 0.251 e. The fourth-order valence-electron chi connectivity index (χ4n) is 3.00. The fraction of sp³-hybridized carbons (Fsp3) is 0.611. The van der Waals surface area contributed by atoms with Crippen LogP contribution in [0.5, 0.6) is 0 Å². The molecule has 1 saturated carbocycles. The zero-order valence-electron chi connectivity index (χ0n) is 14.6. The number of hydrogen-bond donors (Lipinski definition) is 1. The third kappa shape index (κ3) is 5.03. The zero-order valence-corrected chi connectivity index (χ0v) is 15.4. The second-order valence-corrected chi connectivity index (χ2v) is 8.67. The number of sulfonamides is 1. The number of ether oxygens (including phenoxy) is 1. The Morgan fingerprint density at radius 2 is 1.84 bits per heavy atom. The maximum absolute atomic E-state index is 12.4. The Hall–Kier alpha value is -1.44. The van der Waals surface area contributed by atoms with Crippen molar-refractivity contribution >= 4 is 15.9 Å². The summed E-state index contributed by atoms with van der Waals surface area (Å²) in [6, 6.07) is 8.23. The number of carbonyl (C=O) groups excluding carboxylic acids is 1. The van der Waals surface area contributed by atoms with Gasteiger partial charge in [-0.1, -0.05) is 18.2 Å². The normalized spacial score (nSPS) is 20.4. The molecule has 2 fully saturated rings. The molecule has 1 unspecified atom stereocenters. The molecule has 3 rings (SSSR count). The van der Waals surface area contributed by atoms with E-state index in [1.54, 1.807) is 42.2 Å². The highest BCUT2D eigenvalue weighted by Gasteiger charge is 2.30. The number of hydrogen-bond acceptors (Lipinski definition) is 4. The molecule has 2 aliphatic rings. The van der Waals surface area contributed by atoms with Gasteiger partial charge in [0.2, 0.25) is 10.0 Å². The molecule has 1 heterocycles. The summed E-state index contributed by atoms with van der Waals surface area (Å²) in [7, 11) is -3.50. The summed E-state index contributed by atoms with van der Waals surface area (Å²) >= 11 is 0. The summed E-state index contributed by atoms with van der Waals surface area (Å²) in [5.41, 5.74) is 0. The lowest BCUT2D eigenvalue weighted by atomic mass is 10.1. The third-order valence-corrected chi connectivity index (χ3v) is 6.34. The zero-order chi connectivity index (χ0) is 17.9. The molecule has 0 bridgehead atoms. The van der Waals surface area contributed by atoms with E-state index in [4.69, 9.17) is 4.74 Å². The average molecular weight is 366 g/mol. The van der Waals surface area contributed by atoms with Crippen LogP contribution in [0.1, 0.15) is 32.6 Å². The fourth-order valence-corrected chi connectivity index (χ4v) is 4.32. The molecule has 25 heavy (non-hydrogen) atoms. The summed E-state index contributed by atoms with van der Waals surface area (Å²) < 4.78 is 33.1. The minimum absolute atomic E-state index is 0.00464. The predicted molar refractivity (Wildman–Crippen MR) is 94.5 cm³/mol. The van der Waals surface area contributed by atoms with Crippen LogP contribution in [-0.4, -0.2) is 51.1 Å². The molecule has 0 aromatic heterocycles. The Labute approximate surface area is 149 Å². The minimum atomic E-state index is -3.50. The van der Waals surface area contributed by atoms with Gasteiger partial charge in [0, 0.05) is 19.1 Å². The molecule has 1 aromatic carbocycles. The summed E-state index contributed by atoms with van der Waals surface area (Å²) in [4.78, 5) is 14.5. The van der Waals surface area contributed by atoms with Gasteiger partial charge in [-0.05, 0) is 50.7 Å². The van der Waals surface area contributed by atoms with Gasteiger partial charge < -0.3 is 9.64 Å². The largest absolute Gasteiger partial charge is 0.368 e. The summed E-state index contributed by atoms with van der Waals surface area (Å²) in [6.45, 7) is 3.57. The van der Waals surface area contributed by atoms with Crippen molar-refractivity contribution in [2.45, 2.75) is 49.6 Å². The summed E-state index contributed by atoms with van der Waals surface area (Å²) in [6.07, 6.45) is 3.22. The number of nitrogens with zero attached hydrogens (tertiary/aromatic N) is 1. The summed E-state index contributed by atoms with van der Waals surface area (Å²) in [5, 5.41) is 0. The maximum Gasteiger partial charge on any atom is 0.251 e. The number of amides is 1. The molecule has 138 valence electrons. The molecule has 0 radical (unpaired) electrons. The minimum Gasteiger partial charge on any atom is -0.368 e. The van der Waals surface area contributed by atoms with Crippen LogP contribution in [0.4, 0.5) is 0 Å². The van der Waals surface area contributed by atoms with Gasteiger partial charge in [-0.15, -0.1) is 0 Å². The van der Waals surface area contributed by atoms with E-state index in [0.717, 1.165) is 0 Å². The van der Waals surface area contributed by atoms with Crippen molar-refractivity contribution in [2.24, 2.45) is 5.92 Å². The molecule has 1 aromatic rings. The molecule has 7 heteroatoms. The Balaban J connectivity index is 1.47. The molecule has 1 N–H and O–H groups in total. The van der Waals surface area contributed by atoms with Crippen LogP contribution in [0, 0.1) is 5.92 Å². The second kappa shape index (κ2) is 7.85. The number of nitrogens with one attached hydrogen (secondary N) is 1. The lowest BCUT2D eigenvalue weighted by Crippen LogP contribution is -2.49.